The van der Waals surface area contributed by atoms with Crippen molar-refractivity contribution in [3.8, 4) is 0 Å². The van der Waals surface area contributed by atoms with Crippen LogP contribution in [0.3, 0.4) is 0 Å². The molecule has 28 heavy (non-hydrogen) atoms. The normalized spacial score (nSPS) is 11.8. The highest BCUT2D eigenvalue weighted by Gasteiger charge is 2.25. The van der Waals surface area contributed by atoms with Crippen LogP contribution in [0.5, 0.6) is 0 Å². The predicted octanol–water partition coefficient (Wildman–Crippen LogP) is 2.72. The van der Waals surface area contributed by atoms with Crippen LogP contribution < -0.4 is 0 Å². The number of benzene rings is 1. The quantitative estimate of drug-likeness (QED) is 0.496. The molecule has 0 amide bonds. The standard InChI is InChI=1S/C21H31NO6/c1-20(2,3)27-18(24)13-22(14-19(25)28-21(4,5)6)12-17(23)26-15-16-10-8-7-9-11-16/h7-11H,12-15H2,1-6H3. The molecule has 0 unspecified atom stereocenters. The Balaban J connectivity index is 2.68. The van der Waals surface area contributed by atoms with Crippen molar-refractivity contribution in [1.82, 2.24) is 4.90 Å². The fraction of sp³-hybridized carbons (Fsp3) is 0.571. The zero-order chi connectivity index (χ0) is 21.4. The molecular formula is C21H31NO6. The molecule has 156 valence electrons. The molecule has 0 aliphatic heterocycles. The Hall–Kier alpha value is -2.41. The van der Waals surface area contributed by atoms with Gasteiger partial charge in [0.1, 0.15) is 17.8 Å². The number of carbonyl (C=O) groups is 3. The third kappa shape index (κ3) is 11.3. The molecule has 7 heteroatoms. The highest BCUT2D eigenvalue weighted by atomic mass is 16.6. The number of ether oxygens (including phenoxy) is 3. The third-order valence-corrected chi connectivity index (χ3v) is 3.14. The van der Waals surface area contributed by atoms with Crippen molar-refractivity contribution in [1.29, 1.82) is 0 Å². The first-order chi connectivity index (χ1) is 12.8. The highest BCUT2D eigenvalue weighted by molar-refractivity contribution is 5.78. The fourth-order valence-corrected chi connectivity index (χ4v) is 2.25. The summed E-state index contributed by atoms with van der Waals surface area (Å²) in [5, 5.41) is 0. The van der Waals surface area contributed by atoms with Crippen molar-refractivity contribution in [2.45, 2.75) is 59.4 Å². The second kappa shape index (κ2) is 10.2. The lowest BCUT2D eigenvalue weighted by atomic mass is 10.2. The molecule has 1 aromatic carbocycles. The van der Waals surface area contributed by atoms with Crippen molar-refractivity contribution in [3.05, 3.63) is 35.9 Å². The minimum Gasteiger partial charge on any atom is -0.460 e. The molecule has 0 bridgehead atoms. The van der Waals surface area contributed by atoms with Crippen LogP contribution in [0.4, 0.5) is 0 Å². The van der Waals surface area contributed by atoms with Gasteiger partial charge in [0.15, 0.2) is 0 Å². The van der Waals surface area contributed by atoms with E-state index in [0.29, 0.717) is 0 Å². The van der Waals surface area contributed by atoms with E-state index in [9.17, 15) is 14.4 Å². The molecule has 0 aromatic heterocycles. The minimum absolute atomic E-state index is 0.117. The topological polar surface area (TPSA) is 82.1 Å². The van der Waals surface area contributed by atoms with Gasteiger partial charge >= 0.3 is 17.9 Å². The maximum absolute atomic E-state index is 12.2. The van der Waals surface area contributed by atoms with Crippen LogP contribution in [0.25, 0.3) is 0 Å². The second-order valence-corrected chi connectivity index (χ2v) is 8.46. The maximum Gasteiger partial charge on any atom is 0.320 e. The molecule has 0 fully saturated rings. The van der Waals surface area contributed by atoms with Gasteiger partial charge in [-0.05, 0) is 47.1 Å². The van der Waals surface area contributed by atoms with Crippen LogP contribution in [0, 0.1) is 0 Å². The van der Waals surface area contributed by atoms with Gasteiger partial charge in [0.05, 0.1) is 19.6 Å². The van der Waals surface area contributed by atoms with Gasteiger partial charge in [0.25, 0.3) is 0 Å². The summed E-state index contributed by atoms with van der Waals surface area (Å²) in [4.78, 5) is 37.8. The van der Waals surface area contributed by atoms with Crippen molar-refractivity contribution < 1.29 is 28.6 Å². The van der Waals surface area contributed by atoms with Crippen LogP contribution >= 0.6 is 0 Å². The van der Waals surface area contributed by atoms with E-state index in [1.165, 1.54) is 4.90 Å². The molecule has 1 rings (SSSR count). The molecule has 0 saturated heterocycles. The average Bonchev–Trinajstić information content (AvgIpc) is 2.50. The lowest BCUT2D eigenvalue weighted by molar-refractivity contribution is -0.161. The number of hydrogen-bond donors (Lipinski definition) is 0. The molecule has 0 spiro atoms. The number of carbonyl (C=O) groups excluding carboxylic acids is 3. The Morgan fingerprint density at radius 3 is 1.61 bits per heavy atom. The van der Waals surface area contributed by atoms with Gasteiger partial charge in [-0.3, -0.25) is 19.3 Å². The van der Waals surface area contributed by atoms with Gasteiger partial charge in [-0.15, -0.1) is 0 Å². The Morgan fingerprint density at radius 1 is 0.750 bits per heavy atom. The molecule has 7 nitrogen and oxygen atoms in total. The monoisotopic (exact) mass is 393 g/mol. The number of rotatable bonds is 8. The van der Waals surface area contributed by atoms with E-state index < -0.39 is 29.1 Å². The molecule has 0 saturated carbocycles. The van der Waals surface area contributed by atoms with Crippen molar-refractivity contribution in [2.75, 3.05) is 19.6 Å². The summed E-state index contributed by atoms with van der Waals surface area (Å²) in [7, 11) is 0. The van der Waals surface area contributed by atoms with Gasteiger partial charge in [-0.1, -0.05) is 30.3 Å². The van der Waals surface area contributed by atoms with Crippen LogP contribution in [-0.2, 0) is 35.2 Å². The van der Waals surface area contributed by atoms with E-state index in [2.05, 4.69) is 0 Å². The summed E-state index contributed by atoms with van der Waals surface area (Å²) < 4.78 is 15.8. The van der Waals surface area contributed by atoms with Gasteiger partial charge < -0.3 is 14.2 Å². The van der Waals surface area contributed by atoms with Crippen molar-refractivity contribution >= 4 is 17.9 Å². The van der Waals surface area contributed by atoms with Crippen molar-refractivity contribution in [2.24, 2.45) is 0 Å². The first kappa shape index (κ1) is 23.6. The SMILES string of the molecule is CC(C)(C)OC(=O)CN(CC(=O)OCc1ccccc1)CC(=O)OC(C)(C)C. The summed E-state index contributed by atoms with van der Waals surface area (Å²) in [6, 6.07) is 9.24. The molecule has 0 aliphatic carbocycles. The second-order valence-electron chi connectivity index (χ2n) is 8.46. The number of esters is 3. The Kier molecular flexibility index (Phi) is 8.63. The molecule has 0 atom stereocenters. The molecule has 1 aromatic rings. The molecule has 0 radical (unpaired) electrons. The summed E-state index contributed by atoms with van der Waals surface area (Å²) >= 11 is 0. The molecule has 0 N–H and O–H groups in total. The maximum atomic E-state index is 12.2. The summed E-state index contributed by atoms with van der Waals surface area (Å²) in [5.41, 5.74) is -0.480. The van der Waals surface area contributed by atoms with E-state index in [1.54, 1.807) is 41.5 Å². The van der Waals surface area contributed by atoms with Crippen LogP contribution in [0.15, 0.2) is 30.3 Å². The van der Waals surface area contributed by atoms with Gasteiger partial charge in [-0.25, -0.2) is 0 Å². The lowest BCUT2D eigenvalue weighted by Gasteiger charge is -2.25. The first-order valence-electron chi connectivity index (χ1n) is 9.20. The third-order valence-electron chi connectivity index (χ3n) is 3.14. The van der Waals surface area contributed by atoms with E-state index in [4.69, 9.17) is 14.2 Å². The summed E-state index contributed by atoms with van der Waals surface area (Å²) in [5.74, 6) is -1.62. The highest BCUT2D eigenvalue weighted by Crippen LogP contribution is 2.10. The van der Waals surface area contributed by atoms with E-state index in [1.807, 2.05) is 30.3 Å². The van der Waals surface area contributed by atoms with Crippen LogP contribution in [-0.4, -0.2) is 53.6 Å². The first-order valence-corrected chi connectivity index (χ1v) is 9.20. The van der Waals surface area contributed by atoms with Gasteiger partial charge in [-0.2, -0.15) is 0 Å². The van der Waals surface area contributed by atoms with Crippen LogP contribution in [0.1, 0.15) is 47.1 Å². The lowest BCUT2D eigenvalue weighted by Crippen LogP contribution is -2.42. The zero-order valence-corrected chi connectivity index (χ0v) is 17.6. The molecular weight excluding hydrogens is 362 g/mol. The minimum atomic E-state index is -0.664. The Labute approximate surface area is 166 Å². The van der Waals surface area contributed by atoms with E-state index in [0.717, 1.165) is 5.56 Å². The average molecular weight is 393 g/mol. The fourth-order valence-electron chi connectivity index (χ4n) is 2.25. The Bertz CT molecular complexity index is 628. The van der Waals surface area contributed by atoms with Gasteiger partial charge in [0, 0.05) is 0 Å². The smallest absolute Gasteiger partial charge is 0.320 e. The van der Waals surface area contributed by atoms with Gasteiger partial charge in [0.2, 0.25) is 0 Å². The number of nitrogens with zero attached hydrogens (tertiary/aromatic N) is 1. The number of hydrogen-bond acceptors (Lipinski definition) is 7. The Morgan fingerprint density at radius 2 is 1.18 bits per heavy atom. The summed E-state index contributed by atoms with van der Waals surface area (Å²) in [6.45, 7) is 9.92. The van der Waals surface area contributed by atoms with Crippen molar-refractivity contribution in [3.63, 3.8) is 0 Å². The molecule has 0 heterocycles. The van der Waals surface area contributed by atoms with E-state index >= 15 is 0 Å². The van der Waals surface area contributed by atoms with E-state index in [-0.39, 0.29) is 26.2 Å². The molecule has 0 aliphatic rings. The predicted molar refractivity (Wildman–Crippen MR) is 104 cm³/mol. The summed E-state index contributed by atoms with van der Waals surface area (Å²) in [6.07, 6.45) is 0. The zero-order valence-electron chi connectivity index (χ0n) is 17.6. The largest absolute Gasteiger partial charge is 0.460 e. The van der Waals surface area contributed by atoms with Crippen LogP contribution in [0.2, 0.25) is 0 Å².